The predicted octanol–water partition coefficient (Wildman–Crippen LogP) is 2.28. The largest absolute Gasteiger partial charge is 0.326 e. The van der Waals surface area contributed by atoms with Gasteiger partial charge < -0.3 is 5.73 Å². The summed E-state index contributed by atoms with van der Waals surface area (Å²) >= 11 is 5.09. The summed E-state index contributed by atoms with van der Waals surface area (Å²) in [7, 11) is 0. The topological polar surface area (TPSA) is 26.0 Å². The van der Waals surface area contributed by atoms with Gasteiger partial charge in [0.25, 0.3) is 0 Å². The average molecular weight is 206 g/mol. The van der Waals surface area contributed by atoms with Gasteiger partial charge in [0, 0.05) is 11.4 Å². The van der Waals surface area contributed by atoms with Gasteiger partial charge in [-0.05, 0) is 34.5 Å². The second-order valence-electron chi connectivity index (χ2n) is 1.86. The zero-order valence-electron chi connectivity index (χ0n) is 5.15. The summed E-state index contributed by atoms with van der Waals surface area (Å²) in [6, 6.07) is 2.09. The van der Waals surface area contributed by atoms with Crippen LogP contribution in [0.4, 0.5) is 0 Å². The monoisotopic (exact) mass is 205 g/mol. The molecule has 0 atom stereocenters. The van der Waals surface area contributed by atoms with Crippen LogP contribution < -0.4 is 5.73 Å². The van der Waals surface area contributed by atoms with Gasteiger partial charge in [0.15, 0.2) is 0 Å². The first-order valence-corrected chi connectivity index (χ1v) is 4.30. The highest BCUT2D eigenvalue weighted by Gasteiger charge is 1.99. The van der Waals surface area contributed by atoms with Gasteiger partial charge in [-0.1, -0.05) is 0 Å². The van der Waals surface area contributed by atoms with E-state index in [-0.39, 0.29) is 0 Å². The van der Waals surface area contributed by atoms with Crippen molar-refractivity contribution in [1.82, 2.24) is 0 Å². The van der Waals surface area contributed by atoms with Crippen LogP contribution in [0.25, 0.3) is 0 Å². The molecule has 0 bridgehead atoms. The molecule has 0 radical (unpaired) electrons. The summed E-state index contributed by atoms with van der Waals surface area (Å²) in [6.45, 7) is 2.73. The van der Waals surface area contributed by atoms with Gasteiger partial charge >= 0.3 is 0 Å². The summed E-state index contributed by atoms with van der Waals surface area (Å²) in [4.78, 5) is 1.27. The number of thiophene rings is 1. The molecule has 0 aliphatic rings. The Kier molecular flexibility index (Phi) is 2.27. The van der Waals surface area contributed by atoms with Gasteiger partial charge in [0.1, 0.15) is 0 Å². The highest BCUT2D eigenvalue weighted by Crippen LogP contribution is 2.25. The Morgan fingerprint density at radius 2 is 2.44 bits per heavy atom. The van der Waals surface area contributed by atoms with E-state index in [4.69, 9.17) is 5.73 Å². The molecular formula is C6H8BrNS. The van der Waals surface area contributed by atoms with E-state index in [9.17, 15) is 0 Å². The van der Waals surface area contributed by atoms with Crippen LogP contribution in [-0.2, 0) is 6.54 Å². The maximum atomic E-state index is 5.45. The highest BCUT2D eigenvalue weighted by molar-refractivity contribution is 9.11. The molecule has 1 aromatic rings. The summed E-state index contributed by atoms with van der Waals surface area (Å²) in [5.41, 5.74) is 6.74. The fourth-order valence-corrected chi connectivity index (χ4v) is 2.38. The summed E-state index contributed by atoms with van der Waals surface area (Å²) in [5.74, 6) is 0. The van der Waals surface area contributed by atoms with Crippen LogP contribution in [0.2, 0.25) is 0 Å². The minimum absolute atomic E-state index is 0.655. The van der Waals surface area contributed by atoms with Crippen molar-refractivity contribution in [1.29, 1.82) is 0 Å². The van der Waals surface area contributed by atoms with E-state index in [1.54, 1.807) is 11.3 Å². The number of halogens is 1. The maximum absolute atomic E-state index is 5.45. The van der Waals surface area contributed by atoms with E-state index >= 15 is 0 Å². The van der Waals surface area contributed by atoms with E-state index in [1.807, 2.05) is 0 Å². The van der Waals surface area contributed by atoms with Crippen molar-refractivity contribution < 1.29 is 0 Å². The fourth-order valence-electron chi connectivity index (χ4n) is 0.681. The lowest BCUT2D eigenvalue weighted by atomic mass is 10.3. The Morgan fingerprint density at radius 3 is 2.67 bits per heavy atom. The Labute approximate surface area is 67.0 Å². The molecule has 0 unspecified atom stereocenters. The molecule has 0 aliphatic heterocycles. The first kappa shape index (κ1) is 7.25. The number of nitrogens with two attached hydrogens (primary N) is 1. The van der Waals surface area contributed by atoms with Crippen molar-refractivity contribution in [3.8, 4) is 0 Å². The van der Waals surface area contributed by atoms with Gasteiger partial charge in [0.05, 0.1) is 3.79 Å². The summed E-state index contributed by atoms with van der Waals surface area (Å²) in [5, 5.41) is 0. The van der Waals surface area contributed by atoms with Crippen molar-refractivity contribution >= 4 is 27.3 Å². The van der Waals surface area contributed by atoms with Gasteiger partial charge in [-0.3, -0.25) is 0 Å². The fraction of sp³-hybridized carbons (Fsp3) is 0.333. The summed E-state index contributed by atoms with van der Waals surface area (Å²) in [6.07, 6.45) is 0. The van der Waals surface area contributed by atoms with E-state index in [1.165, 1.54) is 14.2 Å². The Hall–Kier alpha value is 0.140. The van der Waals surface area contributed by atoms with Crippen LogP contribution in [0.3, 0.4) is 0 Å². The molecule has 3 heteroatoms. The first-order valence-electron chi connectivity index (χ1n) is 2.69. The molecule has 0 aliphatic carbocycles. The van der Waals surface area contributed by atoms with Crippen molar-refractivity contribution in [2.24, 2.45) is 5.73 Å². The van der Waals surface area contributed by atoms with Crippen LogP contribution in [-0.4, -0.2) is 0 Å². The molecule has 1 aromatic heterocycles. The van der Waals surface area contributed by atoms with E-state index in [2.05, 4.69) is 28.9 Å². The van der Waals surface area contributed by atoms with Crippen LogP contribution in [0.1, 0.15) is 10.4 Å². The van der Waals surface area contributed by atoms with E-state index in [0.29, 0.717) is 6.54 Å². The number of aryl methyl sites for hydroxylation is 1. The van der Waals surface area contributed by atoms with Crippen molar-refractivity contribution in [2.45, 2.75) is 13.5 Å². The Bertz CT molecular complexity index is 207. The molecular weight excluding hydrogens is 198 g/mol. The summed E-state index contributed by atoms with van der Waals surface area (Å²) < 4.78 is 1.17. The Morgan fingerprint density at radius 1 is 1.78 bits per heavy atom. The normalized spacial score (nSPS) is 10.1. The molecule has 1 heterocycles. The number of rotatable bonds is 1. The number of hydrogen-bond acceptors (Lipinski definition) is 2. The molecule has 9 heavy (non-hydrogen) atoms. The van der Waals surface area contributed by atoms with Gasteiger partial charge in [-0.15, -0.1) is 11.3 Å². The standard InChI is InChI=1S/C6H8BrNS/c1-4-2-6(7)9-5(4)3-8/h2H,3,8H2,1H3. The van der Waals surface area contributed by atoms with Crippen molar-refractivity contribution in [3.05, 3.63) is 20.3 Å². The van der Waals surface area contributed by atoms with Crippen molar-refractivity contribution in [2.75, 3.05) is 0 Å². The average Bonchev–Trinajstić information content (AvgIpc) is 2.10. The van der Waals surface area contributed by atoms with E-state index in [0.717, 1.165) is 0 Å². The molecule has 0 spiro atoms. The van der Waals surface area contributed by atoms with Gasteiger partial charge in [-0.2, -0.15) is 0 Å². The minimum Gasteiger partial charge on any atom is -0.326 e. The smallest absolute Gasteiger partial charge is 0.0704 e. The number of hydrogen-bond donors (Lipinski definition) is 1. The maximum Gasteiger partial charge on any atom is 0.0704 e. The molecule has 0 saturated carbocycles. The minimum atomic E-state index is 0.655. The third kappa shape index (κ3) is 1.53. The zero-order chi connectivity index (χ0) is 6.85. The first-order chi connectivity index (χ1) is 4.24. The third-order valence-corrected chi connectivity index (χ3v) is 2.94. The van der Waals surface area contributed by atoms with Crippen LogP contribution in [0, 0.1) is 6.92 Å². The van der Waals surface area contributed by atoms with Gasteiger partial charge in [-0.25, -0.2) is 0 Å². The van der Waals surface area contributed by atoms with Crippen LogP contribution in [0.5, 0.6) is 0 Å². The second-order valence-corrected chi connectivity index (χ2v) is 4.38. The van der Waals surface area contributed by atoms with E-state index < -0.39 is 0 Å². The molecule has 0 amide bonds. The lowest BCUT2D eigenvalue weighted by Crippen LogP contribution is -1.93. The molecule has 1 nitrogen and oxygen atoms in total. The van der Waals surface area contributed by atoms with Crippen LogP contribution >= 0.6 is 27.3 Å². The predicted molar refractivity (Wildman–Crippen MR) is 44.6 cm³/mol. The quantitative estimate of drug-likeness (QED) is 0.749. The molecule has 0 aromatic carbocycles. The Balaban J connectivity index is 3.01. The molecule has 1 rings (SSSR count). The second kappa shape index (κ2) is 2.82. The molecule has 2 N–H and O–H groups in total. The van der Waals surface area contributed by atoms with Crippen molar-refractivity contribution in [3.63, 3.8) is 0 Å². The van der Waals surface area contributed by atoms with Gasteiger partial charge in [0.2, 0.25) is 0 Å². The van der Waals surface area contributed by atoms with Crippen LogP contribution in [0.15, 0.2) is 9.85 Å². The SMILES string of the molecule is Cc1cc(Br)sc1CN. The molecule has 0 fully saturated rings. The zero-order valence-corrected chi connectivity index (χ0v) is 7.55. The lowest BCUT2D eigenvalue weighted by molar-refractivity contribution is 1.09. The third-order valence-electron chi connectivity index (χ3n) is 1.18. The molecule has 50 valence electrons. The molecule has 0 saturated heterocycles. The highest BCUT2D eigenvalue weighted by atomic mass is 79.9. The lowest BCUT2D eigenvalue weighted by Gasteiger charge is -1.87.